The first-order valence-electron chi connectivity index (χ1n) is 4.34. The first-order chi connectivity index (χ1) is 7.34. The molecule has 4 nitrogen and oxygen atoms in total. The van der Waals surface area contributed by atoms with E-state index in [4.69, 9.17) is 5.11 Å². The lowest BCUT2D eigenvalue weighted by atomic mass is 10.1. The Kier molecular flexibility index (Phi) is 3.22. The van der Waals surface area contributed by atoms with E-state index in [1.807, 2.05) is 0 Å². The number of rotatable bonds is 2. The van der Waals surface area contributed by atoms with E-state index in [2.05, 4.69) is 5.32 Å². The monoisotopic (exact) mass is 229 g/mol. The molecule has 16 heavy (non-hydrogen) atoms. The molecule has 1 amide bonds. The van der Waals surface area contributed by atoms with Gasteiger partial charge in [0, 0.05) is 6.92 Å². The molecular formula is C10H9F2NO3. The van der Waals surface area contributed by atoms with Gasteiger partial charge in [0.25, 0.3) is 0 Å². The lowest BCUT2D eigenvalue weighted by Gasteiger charge is -2.09. The molecule has 0 unspecified atom stereocenters. The summed E-state index contributed by atoms with van der Waals surface area (Å²) in [4.78, 5) is 21.4. The minimum absolute atomic E-state index is 0.0532. The van der Waals surface area contributed by atoms with E-state index < -0.39 is 29.1 Å². The van der Waals surface area contributed by atoms with Crippen LogP contribution in [-0.2, 0) is 4.79 Å². The van der Waals surface area contributed by atoms with Crippen molar-refractivity contribution < 1.29 is 23.5 Å². The van der Waals surface area contributed by atoms with E-state index in [0.29, 0.717) is 0 Å². The van der Waals surface area contributed by atoms with Gasteiger partial charge in [-0.1, -0.05) is 0 Å². The molecule has 0 saturated heterocycles. The Bertz CT molecular complexity index is 472. The van der Waals surface area contributed by atoms with Crippen molar-refractivity contribution in [1.29, 1.82) is 0 Å². The van der Waals surface area contributed by atoms with Gasteiger partial charge in [0.15, 0.2) is 5.82 Å². The fraction of sp³-hybridized carbons (Fsp3) is 0.200. The van der Waals surface area contributed by atoms with Gasteiger partial charge in [0.05, 0.1) is 5.69 Å². The molecule has 0 heterocycles. The molecule has 1 rings (SSSR count). The number of carbonyl (C=O) groups excluding carboxylic acids is 1. The molecule has 0 aromatic heterocycles. The molecule has 0 radical (unpaired) electrons. The third-order valence-corrected chi connectivity index (χ3v) is 1.91. The molecule has 0 saturated carbocycles. The maximum Gasteiger partial charge on any atom is 0.341 e. The van der Waals surface area contributed by atoms with E-state index in [0.717, 1.165) is 13.0 Å². The topological polar surface area (TPSA) is 66.4 Å². The molecule has 1 aromatic rings. The molecule has 0 bridgehead atoms. The minimum Gasteiger partial charge on any atom is -0.477 e. The smallest absolute Gasteiger partial charge is 0.341 e. The minimum atomic E-state index is -1.72. The van der Waals surface area contributed by atoms with Gasteiger partial charge in [0.1, 0.15) is 11.4 Å². The van der Waals surface area contributed by atoms with Gasteiger partial charge in [-0.15, -0.1) is 0 Å². The van der Waals surface area contributed by atoms with Gasteiger partial charge in [0.2, 0.25) is 5.91 Å². The molecule has 0 aliphatic carbocycles. The van der Waals surface area contributed by atoms with Crippen LogP contribution in [0.15, 0.2) is 6.07 Å². The average molecular weight is 229 g/mol. The van der Waals surface area contributed by atoms with Crippen LogP contribution in [0.1, 0.15) is 22.8 Å². The van der Waals surface area contributed by atoms with E-state index in [1.54, 1.807) is 0 Å². The maximum absolute atomic E-state index is 13.5. The number of hydrogen-bond donors (Lipinski definition) is 2. The van der Waals surface area contributed by atoms with Crippen LogP contribution in [0.5, 0.6) is 0 Å². The van der Waals surface area contributed by atoms with Crippen molar-refractivity contribution in [3.63, 3.8) is 0 Å². The number of halogens is 2. The van der Waals surface area contributed by atoms with Gasteiger partial charge in [-0.25, -0.2) is 13.6 Å². The highest BCUT2D eigenvalue weighted by Crippen LogP contribution is 2.24. The molecule has 0 spiro atoms. The Morgan fingerprint density at radius 2 is 1.88 bits per heavy atom. The van der Waals surface area contributed by atoms with Crippen molar-refractivity contribution in [2.45, 2.75) is 13.8 Å². The van der Waals surface area contributed by atoms with Crippen molar-refractivity contribution in [3.05, 3.63) is 28.8 Å². The number of aryl methyl sites for hydroxylation is 1. The molecule has 0 aliphatic heterocycles. The number of carboxylic acid groups (broad SMARTS) is 1. The summed E-state index contributed by atoms with van der Waals surface area (Å²) in [5.74, 6) is -4.71. The van der Waals surface area contributed by atoms with Crippen LogP contribution in [0.3, 0.4) is 0 Å². The van der Waals surface area contributed by atoms with Crippen molar-refractivity contribution in [3.8, 4) is 0 Å². The molecule has 6 heteroatoms. The zero-order chi connectivity index (χ0) is 12.5. The van der Waals surface area contributed by atoms with Crippen LogP contribution in [0, 0.1) is 18.6 Å². The third kappa shape index (κ3) is 2.16. The predicted molar refractivity (Wildman–Crippen MR) is 52.4 cm³/mol. The molecule has 0 fully saturated rings. The number of hydrogen-bond acceptors (Lipinski definition) is 2. The Hall–Kier alpha value is -1.98. The Labute approximate surface area is 89.9 Å². The van der Waals surface area contributed by atoms with Crippen LogP contribution in [0.2, 0.25) is 0 Å². The van der Waals surface area contributed by atoms with E-state index in [9.17, 15) is 18.4 Å². The second kappa shape index (κ2) is 4.26. The molecule has 0 aliphatic rings. The van der Waals surface area contributed by atoms with Crippen LogP contribution in [-0.4, -0.2) is 17.0 Å². The zero-order valence-corrected chi connectivity index (χ0v) is 8.60. The second-order valence-corrected chi connectivity index (χ2v) is 3.23. The van der Waals surface area contributed by atoms with Crippen LogP contribution in [0.25, 0.3) is 0 Å². The number of carboxylic acids is 1. The first-order valence-corrected chi connectivity index (χ1v) is 4.34. The van der Waals surface area contributed by atoms with E-state index >= 15 is 0 Å². The standard InChI is InChI=1S/C10H9F2NO3/c1-4-3-6(13-5(2)14)9(12)7(8(4)11)10(15)16/h3H,1-2H3,(H,13,14)(H,15,16). The molecule has 86 valence electrons. The molecule has 2 N–H and O–H groups in total. The van der Waals surface area contributed by atoms with Crippen LogP contribution < -0.4 is 5.32 Å². The van der Waals surface area contributed by atoms with Gasteiger partial charge in [-0.3, -0.25) is 4.79 Å². The van der Waals surface area contributed by atoms with Gasteiger partial charge in [-0.05, 0) is 18.6 Å². The number of anilines is 1. The predicted octanol–water partition coefficient (Wildman–Crippen LogP) is 1.93. The quantitative estimate of drug-likeness (QED) is 0.814. The lowest BCUT2D eigenvalue weighted by molar-refractivity contribution is -0.114. The van der Waals surface area contributed by atoms with Crippen LogP contribution in [0.4, 0.5) is 14.5 Å². The summed E-state index contributed by atoms with van der Waals surface area (Å²) in [6.45, 7) is 2.42. The number of amides is 1. The normalized spacial score (nSPS) is 10.0. The zero-order valence-electron chi connectivity index (χ0n) is 8.60. The van der Waals surface area contributed by atoms with Gasteiger partial charge >= 0.3 is 5.97 Å². The van der Waals surface area contributed by atoms with Gasteiger partial charge in [-0.2, -0.15) is 0 Å². The number of carbonyl (C=O) groups is 2. The molecular weight excluding hydrogens is 220 g/mol. The summed E-state index contributed by atoms with van der Waals surface area (Å²) in [5, 5.41) is 10.7. The van der Waals surface area contributed by atoms with Crippen molar-refractivity contribution in [2.24, 2.45) is 0 Å². The summed E-state index contributed by atoms with van der Waals surface area (Å²) in [7, 11) is 0. The van der Waals surface area contributed by atoms with Gasteiger partial charge < -0.3 is 10.4 Å². The molecule has 0 atom stereocenters. The fourth-order valence-electron chi connectivity index (χ4n) is 1.24. The number of nitrogens with one attached hydrogen (secondary N) is 1. The maximum atomic E-state index is 13.5. The highest BCUT2D eigenvalue weighted by atomic mass is 19.1. The van der Waals surface area contributed by atoms with Crippen molar-refractivity contribution in [2.75, 3.05) is 5.32 Å². The first kappa shape index (κ1) is 12.1. The van der Waals surface area contributed by atoms with Crippen LogP contribution >= 0.6 is 0 Å². The summed E-state index contributed by atoms with van der Waals surface area (Å²) >= 11 is 0. The summed E-state index contributed by atoms with van der Waals surface area (Å²) < 4.78 is 26.8. The number of benzene rings is 1. The third-order valence-electron chi connectivity index (χ3n) is 1.91. The highest BCUT2D eigenvalue weighted by Gasteiger charge is 2.22. The Morgan fingerprint density at radius 1 is 1.31 bits per heavy atom. The summed E-state index contributed by atoms with van der Waals surface area (Å²) in [6, 6.07) is 1.04. The SMILES string of the molecule is CC(=O)Nc1cc(C)c(F)c(C(=O)O)c1F. The van der Waals surface area contributed by atoms with Crippen molar-refractivity contribution in [1.82, 2.24) is 0 Å². The average Bonchev–Trinajstić information content (AvgIpc) is 2.13. The Balaban J connectivity index is 3.44. The molecule has 1 aromatic carbocycles. The number of aromatic carboxylic acids is 1. The highest BCUT2D eigenvalue weighted by molar-refractivity contribution is 5.93. The largest absolute Gasteiger partial charge is 0.477 e. The second-order valence-electron chi connectivity index (χ2n) is 3.23. The Morgan fingerprint density at radius 3 is 2.31 bits per heavy atom. The fourth-order valence-corrected chi connectivity index (χ4v) is 1.24. The summed E-state index contributed by atoms with van der Waals surface area (Å²) in [6.07, 6.45) is 0. The van der Waals surface area contributed by atoms with E-state index in [1.165, 1.54) is 6.92 Å². The summed E-state index contributed by atoms with van der Waals surface area (Å²) in [5.41, 5.74) is -1.46. The lowest BCUT2D eigenvalue weighted by Crippen LogP contribution is -2.13. The van der Waals surface area contributed by atoms with E-state index in [-0.39, 0.29) is 11.3 Å². The van der Waals surface area contributed by atoms with Crippen molar-refractivity contribution >= 4 is 17.6 Å².